The van der Waals surface area contributed by atoms with Gasteiger partial charge in [0, 0.05) is 0 Å². The van der Waals surface area contributed by atoms with Gasteiger partial charge >= 0.3 is 204 Å². The molecule has 4 heteroatoms. The van der Waals surface area contributed by atoms with E-state index in [9.17, 15) is 0 Å². The summed E-state index contributed by atoms with van der Waals surface area (Å²) in [5.74, 6) is 0.894. The van der Waals surface area contributed by atoms with Crippen LogP contribution in [-0.4, -0.2) is 25.5 Å². The van der Waals surface area contributed by atoms with E-state index in [1.54, 1.807) is 10.0 Å². The number of hydrogen-bond acceptors (Lipinski definition) is 3. The normalized spacial score (nSPS) is 12.1. The van der Waals surface area contributed by atoms with Gasteiger partial charge in [-0.15, -0.1) is 0 Å². The molecule has 0 aliphatic rings. The maximum atomic E-state index is 5.45. The van der Waals surface area contributed by atoms with Crippen molar-refractivity contribution in [1.29, 1.82) is 0 Å². The number of ether oxygens (including phenoxy) is 1. The predicted molar refractivity (Wildman–Crippen MR) is 147 cm³/mol. The van der Waals surface area contributed by atoms with Gasteiger partial charge in [0.1, 0.15) is 0 Å². The number of methoxy groups -OCH3 is 1. The first kappa shape index (κ1) is 22.0. The molecule has 0 bridgehead atoms. The van der Waals surface area contributed by atoms with E-state index < -0.39 is 18.4 Å². The van der Waals surface area contributed by atoms with Crippen LogP contribution in [0.2, 0.25) is 14.8 Å². The molecule has 0 spiro atoms. The molecule has 0 N–H and O–H groups in total. The first-order valence-electron chi connectivity index (χ1n) is 11.0. The van der Waals surface area contributed by atoms with Crippen molar-refractivity contribution >= 4 is 64.1 Å². The van der Waals surface area contributed by atoms with Crippen molar-refractivity contribution in [3.8, 4) is 28.0 Å². The van der Waals surface area contributed by atoms with Crippen molar-refractivity contribution in [3.63, 3.8) is 0 Å². The topological polar surface area (TPSA) is 9.23 Å². The third-order valence-corrected chi connectivity index (χ3v) is 17.7. The Morgan fingerprint density at radius 1 is 0.688 bits per heavy atom. The van der Waals surface area contributed by atoms with E-state index in [0.29, 0.717) is 0 Å². The van der Waals surface area contributed by atoms with Crippen LogP contribution in [0.15, 0.2) is 60.7 Å². The van der Waals surface area contributed by atoms with Crippen molar-refractivity contribution in [1.82, 2.24) is 0 Å². The fraction of sp³-hybridized carbons (Fsp3) is 0.214. The molecule has 0 saturated carbocycles. The Labute approximate surface area is 202 Å². The molecule has 5 aromatic rings. The van der Waals surface area contributed by atoms with Gasteiger partial charge in [-0.2, -0.15) is 0 Å². The van der Waals surface area contributed by atoms with E-state index >= 15 is 0 Å². The summed E-state index contributed by atoms with van der Waals surface area (Å²) in [5, 5.41) is 2.84. The Morgan fingerprint density at radius 3 is 1.78 bits per heavy atom. The number of hydrogen-bond donors (Lipinski definition) is 0. The summed E-state index contributed by atoms with van der Waals surface area (Å²) in [4.78, 5) is 8.92. The standard InChI is InChI=1S/C25H19OS2.3CH3.Sn/c1-15-4-6-17(7-5-15)22-23(18-8-10-19(26-3)11-9-18)25-21(14-16(2)28-25)20-12-13-27-24(20)22;;;;/h4-12,14H,1-3H3;3*1H3;. The number of thiophene rings is 2. The molecular weight excluding hydrogens is 535 g/mol. The van der Waals surface area contributed by atoms with Crippen LogP contribution in [-0.2, 0) is 0 Å². The summed E-state index contributed by atoms with van der Waals surface area (Å²) in [6.07, 6.45) is 0. The van der Waals surface area contributed by atoms with Crippen molar-refractivity contribution in [2.75, 3.05) is 7.11 Å². The Kier molecular flexibility index (Phi) is 5.63. The average molecular weight is 563 g/mol. The van der Waals surface area contributed by atoms with Gasteiger partial charge in [-0.3, -0.25) is 0 Å². The van der Waals surface area contributed by atoms with Crippen LogP contribution < -0.4 is 7.63 Å². The van der Waals surface area contributed by atoms with E-state index in [2.05, 4.69) is 89.3 Å². The van der Waals surface area contributed by atoms with Crippen LogP contribution in [0.3, 0.4) is 0 Å². The molecule has 0 aliphatic heterocycles. The maximum absolute atomic E-state index is 5.45. The molecule has 0 unspecified atom stereocenters. The number of rotatable bonds is 4. The van der Waals surface area contributed by atoms with Gasteiger partial charge in [0.25, 0.3) is 0 Å². The molecule has 0 aliphatic carbocycles. The van der Waals surface area contributed by atoms with Crippen LogP contribution in [0.25, 0.3) is 42.4 Å². The molecule has 32 heavy (non-hydrogen) atoms. The van der Waals surface area contributed by atoms with Crippen LogP contribution in [0.4, 0.5) is 0 Å². The molecule has 2 heterocycles. The quantitative estimate of drug-likeness (QED) is 0.199. The van der Waals surface area contributed by atoms with Crippen LogP contribution >= 0.6 is 22.7 Å². The summed E-state index contributed by atoms with van der Waals surface area (Å²) >= 11 is 1.73. The second-order valence-corrected chi connectivity index (χ2v) is 27.3. The Bertz CT molecular complexity index is 1430. The fourth-order valence-corrected chi connectivity index (χ4v) is 11.8. The van der Waals surface area contributed by atoms with Gasteiger partial charge in [0.2, 0.25) is 0 Å². The van der Waals surface area contributed by atoms with Gasteiger partial charge in [0.05, 0.1) is 0 Å². The zero-order valence-electron chi connectivity index (χ0n) is 19.5. The van der Waals surface area contributed by atoms with Crippen LogP contribution in [0.1, 0.15) is 10.4 Å². The molecule has 5 rings (SSSR count). The molecule has 1 nitrogen and oxygen atoms in total. The van der Waals surface area contributed by atoms with Crippen LogP contribution in [0.5, 0.6) is 5.75 Å². The summed E-state index contributed by atoms with van der Waals surface area (Å²) in [7, 11) is 1.73. The minimum absolute atomic E-state index is 0.894. The molecule has 0 radical (unpaired) electrons. The number of fused-ring (bicyclic) bond motifs is 3. The molecule has 0 fully saturated rings. The van der Waals surface area contributed by atoms with Gasteiger partial charge in [-0.25, -0.2) is 0 Å². The molecule has 0 amide bonds. The Morgan fingerprint density at radius 2 is 1.22 bits per heavy atom. The zero-order chi connectivity index (χ0) is 22.6. The first-order valence-corrected chi connectivity index (χ1v) is 22.6. The fourth-order valence-electron chi connectivity index (χ4n) is 4.30. The van der Waals surface area contributed by atoms with E-state index in [4.69, 9.17) is 4.74 Å². The third-order valence-electron chi connectivity index (χ3n) is 6.04. The summed E-state index contributed by atoms with van der Waals surface area (Å²) in [6.45, 7) is 4.39. The second kappa shape index (κ2) is 8.19. The third kappa shape index (κ3) is 3.78. The summed E-state index contributed by atoms with van der Waals surface area (Å²) in [5.41, 5.74) is 6.59. The van der Waals surface area contributed by atoms with Gasteiger partial charge in [0.15, 0.2) is 0 Å². The van der Waals surface area contributed by atoms with Crippen molar-refractivity contribution in [2.45, 2.75) is 28.7 Å². The van der Waals surface area contributed by atoms with Crippen molar-refractivity contribution < 1.29 is 4.74 Å². The number of aryl methyl sites for hydroxylation is 2. The summed E-state index contributed by atoms with van der Waals surface area (Å²) < 4.78 is 9.92. The molecule has 2 aromatic heterocycles. The first-order chi connectivity index (χ1) is 15.3. The van der Waals surface area contributed by atoms with E-state index in [-0.39, 0.29) is 0 Å². The number of benzene rings is 3. The molecule has 162 valence electrons. The minimum atomic E-state index is -2.23. The second-order valence-electron chi connectivity index (χ2n) is 9.55. The Hall–Kier alpha value is -1.82. The van der Waals surface area contributed by atoms with Gasteiger partial charge in [-0.1, -0.05) is 0 Å². The average Bonchev–Trinajstić information content (AvgIpc) is 3.37. The van der Waals surface area contributed by atoms with E-state index in [1.165, 1.54) is 52.9 Å². The molecule has 3 aromatic carbocycles. The molecular formula is C28H28OS2Sn. The monoisotopic (exact) mass is 564 g/mol. The molecule has 0 atom stereocenters. The zero-order valence-corrected chi connectivity index (χ0v) is 24.0. The van der Waals surface area contributed by atoms with Crippen molar-refractivity contribution in [3.05, 3.63) is 71.1 Å². The van der Waals surface area contributed by atoms with E-state index in [1.807, 2.05) is 22.7 Å². The van der Waals surface area contributed by atoms with Gasteiger partial charge in [-0.05, 0) is 0 Å². The van der Waals surface area contributed by atoms with Crippen LogP contribution in [0, 0.1) is 13.8 Å². The van der Waals surface area contributed by atoms with E-state index in [0.717, 1.165) is 5.75 Å². The van der Waals surface area contributed by atoms with Crippen molar-refractivity contribution in [2.24, 2.45) is 0 Å². The Balaban J connectivity index is 1.96. The SMILES string of the molecule is COc1ccc(-c2c(-c3ccc(C)cc3)c3s[c]([Sn]([CH3])([CH3])[CH3])cc3c3cc(C)sc23)cc1. The predicted octanol–water partition coefficient (Wildman–Crippen LogP) is 8.62. The molecule has 0 saturated heterocycles. The van der Waals surface area contributed by atoms with Gasteiger partial charge < -0.3 is 0 Å². The summed E-state index contributed by atoms with van der Waals surface area (Å²) in [6, 6.07) is 22.6.